The van der Waals surface area contributed by atoms with Gasteiger partial charge < -0.3 is 0 Å². The molecule has 0 saturated heterocycles. The molecule has 3 heteroatoms. The average molecular weight is 318 g/mol. The molecule has 1 aliphatic rings. The van der Waals surface area contributed by atoms with Gasteiger partial charge in [0, 0.05) is 15.8 Å². The van der Waals surface area contributed by atoms with Crippen molar-refractivity contribution in [3.63, 3.8) is 0 Å². The third-order valence-electron chi connectivity index (χ3n) is 3.89. The lowest BCUT2D eigenvalue weighted by Crippen LogP contribution is -2.19. The summed E-state index contributed by atoms with van der Waals surface area (Å²) in [7, 11) is 0. The van der Waals surface area contributed by atoms with Crippen molar-refractivity contribution in [2.24, 2.45) is 5.92 Å². The van der Waals surface area contributed by atoms with Crippen LogP contribution in [0.5, 0.6) is 0 Å². The van der Waals surface area contributed by atoms with Gasteiger partial charge in [0.1, 0.15) is 5.69 Å². The molecule has 0 bridgehead atoms. The Bertz CT molecular complexity index is 617. The number of ketones is 1. The van der Waals surface area contributed by atoms with Gasteiger partial charge in [-0.1, -0.05) is 37.5 Å². The molecule has 98 valence electrons. The molecule has 0 spiro atoms. The van der Waals surface area contributed by atoms with Gasteiger partial charge in [0.15, 0.2) is 5.78 Å². The Balaban J connectivity index is 1.99. The maximum Gasteiger partial charge on any atom is 0.185 e. The highest BCUT2D eigenvalue weighted by atomic mass is 79.9. The number of Topliss-reactive ketones (excluding diaryl/α,β-unsaturated/α-hetero) is 1. The van der Waals surface area contributed by atoms with E-state index in [-0.39, 0.29) is 11.7 Å². The minimum Gasteiger partial charge on any atom is -0.292 e. The third kappa shape index (κ3) is 2.57. The Morgan fingerprint density at radius 3 is 2.68 bits per heavy atom. The molecule has 1 fully saturated rings. The standard InChI is InChI=1S/C16H16BrNO/c17-13-10-12-8-4-5-9-14(12)18-15(13)16(19)11-6-2-1-3-7-11/h4-5,8-11H,1-3,6-7H2. The van der Waals surface area contributed by atoms with E-state index in [0.29, 0.717) is 5.69 Å². The number of benzene rings is 1. The van der Waals surface area contributed by atoms with Crippen molar-refractivity contribution in [1.29, 1.82) is 0 Å². The van der Waals surface area contributed by atoms with E-state index < -0.39 is 0 Å². The van der Waals surface area contributed by atoms with Crippen LogP contribution in [0.4, 0.5) is 0 Å². The van der Waals surface area contributed by atoms with Crippen molar-refractivity contribution in [2.75, 3.05) is 0 Å². The maximum absolute atomic E-state index is 12.6. The van der Waals surface area contributed by atoms with Crippen molar-refractivity contribution < 1.29 is 4.79 Å². The highest BCUT2D eigenvalue weighted by Crippen LogP contribution is 2.30. The molecule has 0 N–H and O–H groups in total. The minimum atomic E-state index is 0.165. The molecule has 0 atom stereocenters. The lowest BCUT2D eigenvalue weighted by molar-refractivity contribution is 0.0884. The van der Waals surface area contributed by atoms with Crippen LogP contribution in [0.3, 0.4) is 0 Å². The summed E-state index contributed by atoms with van der Waals surface area (Å²) < 4.78 is 0.821. The summed E-state index contributed by atoms with van der Waals surface area (Å²) >= 11 is 3.50. The summed E-state index contributed by atoms with van der Waals surface area (Å²) in [5.41, 5.74) is 1.50. The van der Waals surface area contributed by atoms with Gasteiger partial charge in [-0.05, 0) is 40.9 Å². The van der Waals surface area contributed by atoms with Crippen molar-refractivity contribution in [2.45, 2.75) is 32.1 Å². The van der Waals surface area contributed by atoms with Crippen LogP contribution in [0, 0.1) is 5.92 Å². The zero-order chi connectivity index (χ0) is 13.2. The summed E-state index contributed by atoms with van der Waals surface area (Å²) in [6, 6.07) is 9.91. The minimum absolute atomic E-state index is 0.165. The maximum atomic E-state index is 12.6. The normalized spacial score (nSPS) is 16.7. The molecule has 3 rings (SSSR count). The molecular weight excluding hydrogens is 302 g/mol. The van der Waals surface area contributed by atoms with Crippen LogP contribution < -0.4 is 0 Å². The van der Waals surface area contributed by atoms with Gasteiger partial charge >= 0.3 is 0 Å². The number of carbonyl (C=O) groups is 1. The zero-order valence-corrected chi connectivity index (χ0v) is 12.3. The number of hydrogen-bond acceptors (Lipinski definition) is 2. The lowest BCUT2D eigenvalue weighted by Gasteiger charge is -2.20. The first kappa shape index (κ1) is 12.8. The third-order valence-corrected chi connectivity index (χ3v) is 4.49. The van der Waals surface area contributed by atoms with Crippen molar-refractivity contribution >= 4 is 32.6 Å². The second-order valence-corrected chi connectivity index (χ2v) is 6.07. The zero-order valence-electron chi connectivity index (χ0n) is 10.7. The Labute approximate surface area is 121 Å². The fourth-order valence-electron chi connectivity index (χ4n) is 2.82. The van der Waals surface area contributed by atoms with Gasteiger partial charge in [0.25, 0.3) is 0 Å². The van der Waals surface area contributed by atoms with Gasteiger partial charge in [0.2, 0.25) is 0 Å². The first-order chi connectivity index (χ1) is 9.25. The molecule has 0 amide bonds. The predicted molar refractivity (Wildman–Crippen MR) is 80.3 cm³/mol. The number of rotatable bonds is 2. The molecule has 1 aromatic carbocycles. The topological polar surface area (TPSA) is 30.0 Å². The lowest BCUT2D eigenvalue weighted by atomic mass is 9.85. The average Bonchev–Trinajstić information content (AvgIpc) is 2.47. The molecule has 1 aromatic heterocycles. The van der Waals surface area contributed by atoms with E-state index in [1.165, 1.54) is 19.3 Å². The summed E-state index contributed by atoms with van der Waals surface area (Å²) in [5.74, 6) is 0.371. The SMILES string of the molecule is O=C(c1nc2ccccc2cc1Br)C1CCCCC1. The van der Waals surface area contributed by atoms with Crippen LogP contribution in [-0.2, 0) is 0 Å². The van der Waals surface area contributed by atoms with Crippen molar-refractivity contribution in [3.8, 4) is 0 Å². The molecule has 0 unspecified atom stereocenters. The van der Waals surface area contributed by atoms with Gasteiger partial charge in [-0.2, -0.15) is 0 Å². The van der Waals surface area contributed by atoms with Crippen LogP contribution in [-0.4, -0.2) is 10.8 Å². The molecule has 1 saturated carbocycles. The molecule has 2 nitrogen and oxygen atoms in total. The van der Waals surface area contributed by atoms with E-state index in [0.717, 1.165) is 28.2 Å². The second kappa shape index (κ2) is 5.41. The number of carbonyl (C=O) groups excluding carboxylic acids is 1. The van der Waals surface area contributed by atoms with Crippen molar-refractivity contribution in [3.05, 3.63) is 40.5 Å². The quantitative estimate of drug-likeness (QED) is 0.747. The van der Waals surface area contributed by atoms with E-state index in [1.807, 2.05) is 30.3 Å². The van der Waals surface area contributed by atoms with E-state index in [9.17, 15) is 4.79 Å². The molecule has 2 aromatic rings. The number of aromatic nitrogens is 1. The summed E-state index contributed by atoms with van der Waals surface area (Å²) in [4.78, 5) is 17.1. The molecular formula is C16H16BrNO. The molecule has 0 radical (unpaired) electrons. The van der Waals surface area contributed by atoms with E-state index >= 15 is 0 Å². The van der Waals surface area contributed by atoms with Crippen LogP contribution in [0.1, 0.15) is 42.6 Å². The molecule has 0 aliphatic heterocycles. The van der Waals surface area contributed by atoms with Gasteiger partial charge in [-0.25, -0.2) is 4.98 Å². The number of hydrogen-bond donors (Lipinski definition) is 0. The van der Waals surface area contributed by atoms with Crippen molar-refractivity contribution in [1.82, 2.24) is 4.98 Å². The fourth-order valence-corrected chi connectivity index (χ4v) is 3.35. The Morgan fingerprint density at radius 1 is 1.16 bits per heavy atom. The summed E-state index contributed by atoms with van der Waals surface area (Å²) in [5, 5.41) is 1.06. The summed E-state index contributed by atoms with van der Waals surface area (Å²) in [6.07, 6.45) is 5.62. The molecule has 1 aliphatic carbocycles. The number of para-hydroxylation sites is 1. The highest BCUT2D eigenvalue weighted by molar-refractivity contribution is 9.10. The predicted octanol–water partition coefficient (Wildman–Crippen LogP) is 4.76. The van der Waals surface area contributed by atoms with Crippen LogP contribution >= 0.6 is 15.9 Å². The first-order valence-electron chi connectivity index (χ1n) is 6.85. The number of pyridine rings is 1. The highest BCUT2D eigenvalue weighted by Gasteiger charge is 2.25. The van der Waals surface area contributed by atoms with Crippen LogP contribution in [0.25, 0.3) is 10.9 Å². The number of nitrogens with zero attached hydrogens (tertiary/aromatic N) is 1. The first-order valence-corrected chi connectivity index (χ1v) is 7.64. The summed E-state index contributed by atoms with van der Waals surface area (Å²) in [6.45, 7) is 0. The largest absolute Gasteiger partial charge is 0.292 e. The van der Waals surface area contributed by atoms with Gasteiger partial charge in [-0.15, -0.1) is 0 Å². The van der Waals surface area contributed by atoms with E-state index in [4.69, 9.17) is 0 Å². The smallest absolute Gasteiger partial charge is 0.185 e. The fraction of sp³-hybridized carbons (Fsp3) is 0.375. The van der Waals surface area contributed by atoms with Crippen LogP contribution in [0.15, 0.2) is 34.8 Å². The number of halogens is 1. The second-order valence-electron chi connectivity index (χ2n) is 5.21. The van der Waals surface area contributed by atoms with E-state index in [2.05, 4.69) is 20.9 Å². The van der Waals surface area contributed by atoms with E-state index in [1.54, 1.807) is 0 Å². The van der Waals surface area contributed by atoms with Gasteiger partial charge in [-0.3, -0.25) is 4.79 Å². The number of fused-ring (bicyclic) bond motifs is 1. The Hall–Kier alpha value is -1.22. The molecule has 19 heavy (non-hydrogen) atoms. The molecule has 1 heterocycles. The Kier molecular flexibility index (Phi) is 3.65. The Morgan fingerprint density at radius 2 is 1.89 bits per heavy atom. The van der Waals surface area contributed by atoms with Crippen LogP contribution in [0.2, 0.25) is 0 Å². The van der Waals surface area contributed by atoms with Gasteiger partial charge in [0.05, 0.1) is 5.52 Å². The monoisotopic (exact) mass is 317 g/mol.